The number of rotatable bonds is 3. The summed E-state index contributed by atoms with van der Waals surface area (Å²) < 4.78 is 76.4. The van der Waals surface area contributed by atoms with E-state index in [4.69, 9.17) is 0 Å². The molecule has 118 valence electrons. The maximum Gasteiger partial charge on any atom is 0.416 e. The molecular weight excluding hydrogens is 316 g/mol. The highest BCUT2D eigenvalue weighted by molar-refractivity contribution is 8.13. The van der Waals surface area contributed by atoms with Crippen LogP contribution in [0.5, 0.6) is 0 Å². The average molecular weight is 329 g/mol. The molecule has 0 saturated carbocycles. The molecule has 0 atom stereocenters. The normalized spacial score (nSPS) is 13.6. The first-order valence-corrected chi connectivity index (χ1v) is 7.20. The maximum absolute atomic E-state index is 12.7. The van der Waals surface area contributed by atoms with Crippen molar-refractivity contribution in [3.05, 3.63) is 34.9 Å². The third-order valence-electron chi connectivity index (χ3n) is 2.51. The van der Waals surface area contributed by atoms with Gasteiger partial charge in [-0.05, 0) is 30.9 Å². The second-order valence-electron chi connectivity index (χ2n) is 4.19. The smallest absolute Gasteiger partial charge is 0.278 e. The third kappa shape index (κ3) is 4.94. The van der Waals surface area contributed by atoms with E-state index in [1.54, 1.807) is 6.26 Å². The maximum atomic E-state index is 12.7. The summed E-state index contributed by atoms with van der Waals surface area (Å²) in [5.41, 5.74) is -2.82. The fourth-order valence-corrected chi connectivity index (χ4v) is 2.14. The van der Waals surface area contributed by atoms with Gasteiger partial charge < -0.3 is 0 Å². The Kier molecular flexibility index (Phi) is 5.72. The molecule has 0 aliphatic carbocycles. The van der Waals surface area contributed by atoms with Crippen LogP contribution in [0.15, 0.2) is 23.2 Å². The van der Waals surface area contributed by atoms with Gasteiger partial charge in [0.1, 0.15) is 0 Å². The Balaban J connectivity index is 3.44. The number of hydrogen-bond donors (Lipinski definition) is 0. The van der Waals surface area contributed by atoms with Crippen molar-refractivity contribution in [3.8, 4) is 0 Å². The van der Waals surface area contributed by atoms with Crippen molar-refractivity contribution in [2.24, 2.45) is 4.99 Å². The van der Waals surface area contributed by atoms with Gasteiger partial charge in [0.25, 0.3) is 0 Å². The fourth-order valence-electron chi connectivity index (χ4n) is 1.57. The van der Waals surface area contributed by atoms with E-state index in [-0.39, 0.29) is 16.7 Å². The Morgan fingerprint density at radius 1 is 1.00 bits per heavy atom. The Morgan fingerprint density at radius 2 is 1.48 bits per heavy atom. The van der Waals surface area contributed by atoms with Crippen LogP contribution in [0.1, 0.15) is 30.0 Å². The van der Waals surface area contributed by atoms with Gasteiger partial charge in [0, 0.05) is 12.1 Å². The van der Waals surface area contributed by atoms with Crippen LogP contribution in [-0.4, -0.2) is 17.8 Å². The van der Waals surface area contributed by atoms with Crippen LogP contribution in [0.4, 0.5) is 26.3 Å². The van der Waals surface area contributed by atoms with Gasteiger partial charge >= 0.3 is 12.4 Å². The van der Waals surface area contributed by atoms with E-state index in [1.165, 1.54) is 0 Å². The second-order valence-corrected chi connectivity index (χ2v) is 4.98. The second kappa shape index (κ2) is 6.72. The van der Waals surface area contributed by atoms with E-state index < -0.39 is 23.5 Å². The van der Waals surface area contributed by atoms with Gasteiger partial charge in [0.05, 0.1) is 16.2 Å². The van der Waals surface area contributed by atoms with Gasteiger partial charge in [-0.25, -0.2) is 0 Å². The lowest BCUT2D eigenvalue weighted by Crippen LogP contribution is -2.13. The van der Waals surface area contributed by atoms with Crippen molar-refractivity contribution in [1.82, 2.24) is 0 Å². The van der Waals surface area contributed by atoms with Crippen LogP contribution in [-0.2, 0) is 12.4 Å². The molecule has 0 radical (unpaired) electrons. The number of hydrogen-bond acceptors (Lipinski definition) is 2. The summed E-state index contributed by atoms with van der Waals surface area (Å²) in [6.07, 6.45) is -7.48. The van der Waals surface area contributed by atoms with Crippen LogP contribution in [0.25, 0.3) is 0 Å². The minimum absolute atomic E-state index is 0.112. The van der Waals surface area contributed by atoms with E-state index >= 15 is 0 Å². The number of benzene rings is 1. The van der Waals surface area contributed by atoms with E-state index in [1.807, 2.05) is 6.92 Å². The van der Waals surface area contributed by atoms with E-state index in [9.17, 15) is 26.3 Å². The Labute approximate surface area is 122 Å². The summed E-state index contributed by atoms with van der Waals surface area (Å²) in [6, 6.07) is 1.50. The average Bonchev–Trinajstić information content (AvgIpc) is 2.37. The molecule has 0 amide bonds. The number of thioether (sulfide) groups is 1. The lowest BCUT2D eigenvalue weighted by molar-refractivity contribution is -0.143. The molecule has 0 bridgehead atoms. The Hall–Kier alpha value is -1.18. The fraction of sp³-hybridized carbons (Fsp3) is 0.462. The van der Waals surface area contributed by atoms with Crippen molar-refractivity contribution >= 4 is 16.8 Å². The SMILES string of the molecule is CCC/N=C(\SC)c1cc(C(F)(F)F)cc(C(F)(F)F)c1. The van der Waals surface area contributed by atoms with E-state index in [0.717, 1.165) is 11.8 Å². The summed E-state index contributed by atoms with van der Waals surface area (Å²) >= 11 is 1.02. The van der Waals surface area contributed by atoms with Crippen molar-refractivity contribution < 1.29 is 26.3 Å². The van der Waals surface area contributed by atoms with Gasteiger partial charge in [0.15, 0.2) is 0 Å². The molecule has 0 aromatic heterocycles. The molecule has 8 heteroatoms. The van der Waals surface area contributed by atoms with Gasteiger partial charge in [0.2, 0.25) is 0 Å². The van der Waals surface area contributed by atoms with Gasteiger partial charge in [-0.15, -0.1) is 11.8 Å². The molecule has 1 aromatic rings. The Morgan fingerprint density at radius 3 is 1.81 bits per heavy atom. The number of halogens is 6. The highest BCUT2D eigenvalue weighted by Gasteiger charge is 2.37. The van der Waals surface area contributed by atoms with Crippen LogP contribution in [0.3, 0.4) is 0 Å². The number of aliphatic imine (C=N–C) groups is 1. The minimum Gasteiger partial charge on any atom is -0.278 e. The predicted molar refractivity (Wildman–Crippen MR) is 71.7 cm³/mol. The zero-order valence-electron chi connectivity index (χ0n) is 11.3. The lowest BCUT2D eigenvalue weighted by atomic mass is 10.1. The lowest BCUT2D eigenvalue weighted by Gasteiger charge is -2.14. The molecule has 0 aliphatic rings. The van der Waals surface area contributed by atoms with E-state index in [2.05, 4.69) is 4.99 Å². The molecule has 0 heterocycles. The van der Waals surface area contributed by atoms with Crippen molar-refractivity contribution in [2.45, 2.75) is 25.7 Å². The standard InChI is InChI=1S/C13H13F6NS/c1-3-4-20-11(21-2)8-5-9(12(14,15)16)7-10(6-8)13(17,18)19/h5-7H,3-4H2,1-2H3/b20-11-. The van der Waals surface area contributed by atoms with Crippen molar-refractivity contribution in [1.29, 1.82) is 0 Å². The third-order valence-corrected chi connectivity index (χ3v) is 3.26. The van der Waals surface area contributed by atoms with Gasteiger partial charge in [-0.2, -0.15) is 26.3 Å². The molecule has 0 N–H and O–H groups in total. The van der Waals surface area contributed by atoms with Crippen LogP contribution in [0.2, 0.25) is 0 Å². The predicted octanol–water partition coefficient (Wildman–Crippen LogP) is 5.24. The molecule has 0 fully saturated rings. The van der Waals surface area contributed by atoms with Gasteiger partial charge in [-0.1, -0.05) is 6.92 Å². The molecule has 0 spiro atoms. The van der Waals surface area contributed by atoms with Crippen LogP contribution >= 0.6 is 11.8 Å². The first-order valence-electron chi connectivity index (χ1n) is 5.98. The summed E-state index contributed by atoms with van der Waals surface area (Å²) in [6.45, 7) is 2.16. The quantitative estimate of drug-likeness (QED) is 0.419. The van der Waals surface area contributed by atoms with E-state index in [0.29, 0.717) is 25.1 Å². The molecule has 1 aromatic carbocycles. The number of alkyl halides is 6. The van der Waals surface area contributed by atoms with Crippen LogP contribution in [0, 0.1) is 0 Å². The first kappa shape index (κ1) is 17.9. The van der Waals surface area contributed by atoms with Crippen molar-refractivity contribution in [2.75, 3.05) is 12.8 Å². The summed E-state index contributed by atoms with van der Waals surface area (Å²) in [5, 5.41) is 0.161. The first-order chi connectivity index (χ1) is 9.59. The molecule has 1 rings (SSSR count). The zero-order valence-corrected chi connectivity index (χ0v) is 12.1. The molecule has 1 nitrogen and oxygen atoms in total. The minimum atomic E-state index is -4.84. The molecule has 0 aliphatic heterocycles. The van der Waals surface area contributed by atoms with Crippen LogP contribution < -0.4 is 0 Å². The number of nitrogens with zero attached hydrogens (tertiary/aromatic N) is 1. The molecule has 21 heavy (non-hydrogen) atoms. The summed E-state index contributed by atoms with van der Waals surface area (Å²) in [4.78, 5) is 4.02. The largest absolute Gasteiger partial charge is 0.416 e. The van der Waals surface area contributed by atoms with Crippen molar-refractivity contribution in [3.63, 3.8) is 0 Å². The highest BCUT2D eigenvalue weighted by Crippen LogP contribution is 2.36. The summed E-state index contributed by atoms with van der Waals surface area (Å²) in [5.74, 6) is 0. The highest BCUT2D eigenvalue weighted by atomic mass is 32.2. The summed E-state index contributed by atoms with van der Waals surface area (Å²) in [7, 11) is 0. The zero-order chi connectivity index (χ0) is 16.3. The molecule has 0 saturated heterocycles. The van der Waals surface area contributed by atoms with Gasteiger partial charge in [-0.3, -0.25) is 4.99 Å². The monoisotopic (exact) mass is 329 g/mol. The molecule has 0 unspecified atom stereocenters. The molecular formula is C13H13F6NS. The Bertz CT molecular complexity index is 486. The topological polar surface area (TPSA) is 12.4 Å².